The second-order valence-electron chi connectivity index (χ2n) is 5.78. The van der Waals surface area contributed by atoms with Crippen LogP contribution in [-0.2, 0) is 16.1 Å². The summed E-state index contributed by atoms with van der Waals surface area (Å²) in [5.74, 6) is -0.265. The number of thiophene rings is 1. The first kappa shape index (κ1) is 17.6. The van der Waals surface area contributed by atoms with Crippen LogP contribution in [0.15, 0.2) is 15.0 Å². The number of carbonyl (C=O) groups excluding carboxylic acids is 1. The molecule has 0 saturated heterocycles. The summed E-state index contributed by atoms with van der Waals surface area (Å²) in [6.45, 7) is 7.05. The summed E-state index contributed by atoms with van der Waals surface area (Å²) >= 11 is 2.47. The number of thiazole rings is 1. The number of aromatic amines is 1. The van der Waals surface area contributed by atoms with E-state index in [4.69, 9.17) is 4.74 Å². The molecular weight excluding hydrogens is 362 g/mol. The minimum Gasteiger partial charge on any atom is -0.453 e. The van der Waals surface area contributed by atoms with E-state index in [1.54, 1.807) is 19.2 Å². The third-order valence-electron chi connectivity index (χ3n) is 4.01. The van der Waals surface area contributed by atoms with Crippen molar-refractivity contribution in [2.45, 2.75) is 40.3 Å². The molecule has 3 rings (SSSR count). The molecule has 1 N–H and O–H groups in total. The van der Waals surface area contributed by atoms with E-state index in [9.17, 15) is 14.4 Å². The van der Waals surface area contributed by atoms with E-state index >= 15 is 0 Å². The number of ether oxygens (including phenoxy) is 1. The van der Waals surface area contributed by atoms with Crippen molar-refractivity contribution in [3.8, 4) is 0 Å². The molecule has 3 aromatic rings. The van der Waals surface area contributed by atoms with Crippen molar-refractivity contribution in [2.75, 3.05) is 0 Å². The number of hydrogen-bond donors (Lipinski definition) is 1. The van der Waals surface area contributed by atoms with Crippen LogP contribution in [-0.4, -0.2) is 20.5 Å². The SMILES string of the molecule is Cc1sc2nc([C@@H](C)OC(=O)Cn3c(C)csc3=O)[nH]c(=O)c2c1C. The highest BCUT2D eigenvalue weighted by Crippen LogP contribution is 2.26. The Kier molecular flexibility index (Phi) is 4.61. The van der Waals surface area contributed by atoms with Gasteiger partial charge in [0.1, 0.15) is 11.4 Å². The van der Waals surface area contributed by atoms with Gasteiger partial charge in [0.2, 0.25) is 0 Å². The first-order chi connectivity index (χ1) is 11.8. The molecule has 0 bridgehead atoms. The van der Waals surface area contributed by atoms with Crippen molar-refractivity contribution in [2.24, 2.45) is 0 Å². The molecule has 0 fully saturated rings. The van der Waals surface area contributed by atoms with Crippen LogP contribution in [0, 0.1) is 20.8 Å². The molecule has 0 aliphatic carbocycles. The van der Waals surface area contributed by atoms with Gasteiger partial charge in [-0.2, -0.15) is 0 Å². The summed E-state index contributed by atoms with van der Waals surface area (Å²) in [5.41, 5.74) is 1.38. The molecule has 3 aromatic heterocycles. The highest BCUT2D eigenvalue weighted by Gasteiger charge is 2.19. The maximum Gasteiger partial charge on any atom is 0.326 e. The van der Waals surface area contributed by atoms with Crippen LogP contribution >= 0.6 is 22.7 Å². The Morgan fingerprint density at radius 1 is 1.36 bits per heavy atom. The fraction of sp³-hybridized carbons (Fsp3) is 0.375. The normalized spacial score (nSPS) is 12.5. The van der Waals surface area contributed by atoms with Crippen molar-refractivity contribution < 1.29 is 9.53 Å². The van der Waals surface area contributed by atoms with Crippen molar-refractivity contribution in [3.05, 3.63) is 47.4 Å². The molecule has 0 saturated carbocycles. The summed E-state index contributed by atoms with van der Waals surface area (Å²) in [6.07, 6.45) is -0.720. The molecular formula is C16H17N3O4S2. The average molecular weight is 379 g/mol. The number of fused-ring (bicyclic) bond motifs is 1. The van der Waals surface area contributed by atoms with E-state index in [-0.39, 0.29) is 17.0 Å². The quantitative estimate of drug-likeness (QED) is 0.703. The molecule has 0 aliphatic heterocycles. The van der Waals surface area contributed by atoms with Crippen LogP contribution in [0.3, 0.4) is 0 Å². The summed E-state index contributed by atoms with van der Waals surface area (Å²) in [4.78, 5) is 44.6. The molecule has 0 aromatic carbocycles. The van der Waals surface area contributed by atoms with Crippen LogP contribution in [0.4, 0.5) is 0 Å². The van der Waals surface area contributed by atoms with Crippen molar-refractivity contribution in [3.63, 3.8) is 0 Å². The lowest BCUT2D eigenvalue weighted by Crippen LogP contribution is -2.24. The monoisotopic (exact) mass is 379 g/mol. The number of aryl methyl sites for hydroxylation is 3. The van der Waals surface area contributed by atoms with Gasteiger partial charge in [-0.05, 0) is 33.3 Å². The third kappa shape index (κ3) is 3.29. The van der Waals surface area contributed by atoms with E-state index in [1.807, 2.05) is 13.8 Å². The van der Waals surface area contributed by atoms with Crippen molar-refractivity contribution in [1.29, 1.82) is 0 Å². The zero-order valence-electron chi connectivity index (χ0n) is 14.2. The van der Waals surface area contributed by atoms with Crippen LogP contribution in [0.1, 0.15) is 35.0 Å². The maximum atomic E-state index is 12.3. The zero-order chi connectivity index (χ0) is 18.3. The second kappa shape index (κ2) is 6.57. The van der Waals surface area contributed by atoms with Gasteiger partial charge in [0, 0.05) is 16.0 Å². The summed E-state index contributed by atoms with van der Waals surface area (Å²) < 4.78 is 6.69. The van der Waals surface area contributed by atoms with Crippen molar-refractivity contribution in [1.82, 2.24) is 14.5 Å². The minimum atomic E-state index is -0.720. The van der Waals surface area contributed by atoms with Gasteiger partial charge in [-0.3, -0.25) is 19.0 Å². The van der Waals surface area contributed by atoms with E-state index in [2.05, 4.69) is 9.97 Å². The number of nitrogens with zero attached hydrogens (tertiary/aromatic N) is 2. The molecule has 132 valence electrons. The number of carbonyl (C=O) groups is 1. The highest BCUT2D eigenvalue weighted by molar-refractivity contribution is 7.18. The first-order valence-corrected chi connectivity index (χ1v) is 9.32. The molecule has 0 amide bonds. The van der Waals surface area contributed by atoms with E-state index < -0.39 is 12.1 Å². The highest BCUT2D eigenvalue weighted by atomic mass is 32.1. The van der Waals surface area contributed by atoms with Crippen LogP contribution in [0.5, 0.6) is 0 Å². The molecule has 1 atom stereocenters. The average Bonchev–Trinajstić information content (AvgIpc) is 3.01. The Labute approximate surface area is 150 Å². The largest absolute Gasteiger partial charge is 0.453 e. The molecule has 9 heteroatoms. The maximum absolute atomic E-state index is 12.3. The Balaban J connectivity index is 1.82. The van der Waals surface area contributed by atoms with Crippen LogP contribution in [0.2, 0.25) is 0 Å². The van der Waals surface area contributed by atoms with Crippen LogP contribution < -0.4 is 10.4 Å². The standard InChI is InChI=1S/C16H17N3O4S2/c1-7-6-24-16(22)19(7)5-11(20)23-9(3)13-17-14(21)12-8(2)10(4)25-15(12)18-13/h6,9H,5H2,1-4H3,(H,17,18,21)/t9-/m1/s1. The number of H-pyrrole nitrogens is 1. The number of hydrogen-bond acceptors (Lipinski definition) is 7. The van der Waals surface area contributed by atoms with Crippen molar-refractivity contribution >= 4 is 38.9 Å². The number of esters is 1. The van der Waals surface area contributed by atoms with Gasteiger partial charge in [0.05, 0.1) is 5.39 Å². The number of rotatable bonds is 4. The fourth-order valence-corrected chi connectivity index (χ4v) is 4.25. The minimum absolute atomic E-state index is 0.164. The van der Waals surface area contributed by atoms with Gasteiger partial charge in [-0.25, -0.2) is 4.98 Å². The van der Waals surface area contributed by atoms with Gasteiger partial charge in [-0.15, -0.1) is 11.3 Å². The molecule has 25 heavy (non-hydrogen) atoms. The predicted octanol–water partition coefficient (Wildman–Crippen LogP) is 2.44. The Bertz CT molecular complexity index is 1070. The fourth-order valence-electron chi connectivity index (χ4n) is 2.48. The predicted molar refractivity (Wildman–Crippen MR) is 97.5 cm³/mol. The van der Waals surface area contributed by atoms with Crippen LogP contribution in [0.25, 0.3) is 10.2 Å². The summed E-state index contributed by atoms with van der Waals surface area (Å²) in [6, 6.07) is 0. The van der Waals surface area contributed by atoms with Gasteiger partial charge in [0.15, 0.2) is 11.9 Å². The molecule has 0 unspecified atom stereocenters. The lowest BCUT2D eigenvalue weighted by atomic mass is 10.2. The Morgan fingerprint density at radius 3 is 2.72 bits per heavy atom. The Morgan fingerprint density at radius 2 is 2.08 bits per heavy atom. The first-order valence-electron chi connectivity index (χ1n) is 7.62. The summed E-state index contributed by atoms with van der Waals surface area (Å²) in [5, 5.41) is 2.26. The van der Waals surface area contributed by atoms with Gasteiger partial charge in [0.25, 0.3) is 5.56 Å². The number of aromatic nitrogens is 3. The lowest BCUT2D eigenvalue weighted by Gasteiger charge is -2.13. The molecule has 3 heterocycles. The van der Waals surface area contributed by atoms with Gasteiger partial charge in [-0.1, -0.05) is 11.3 Å². The topological polar surface area (TPSA) is 94.0 Å². The smallest absolute Gasteiger partial charge is 0.326 e. The summed E-state index contributed by atoms with van der Waals surface area (Å²) in [7, 11) is 0. The van der Waals surface area contributed by atoms with E-state index in [1.165, 1.54) is 15.9 Å². The molecule has 0 radical (unpaired) electrons. The lowest BCUT2D eigenvalue weighted by molar-refractivity contribution is -0.149. The van der Waals surface area contributed by atoms with Gasteiger partial charge >= 0.3 is 10.8 Å². The third-order valence-corrected chi connectivity index (χ3v) is 6.00. The molecule has 0 spiro atoms. The number of nitrogens with one attached hydrogen (secondary N) is 1. The zero-order valence-corrected chi connectivity index (χ0v) is 15.8. The van der Waals surface area contributed by atoms with Gasteiger partial charge < -0.3 is 9.72 Å². The molecule has 7 nitrogen and oxygen atoms in total. The van der Waals surface area contributed by atoms with E-state index in [0.717, 1.165) is 21.8 Å². The Hall–Kier alpha value is -2.26. The second-order valence-corrected chi connectivity index (χ2v) is 7.80. The van der Waals surface area contributed by atoms with E-state index in [0.29, 0.717) is 21.7 Å². The molecule has 0 aliphatic rings.